The maximum absolute atomic E-state index is 12.5. The fourth-order valence-electron chi connectivity index (χ4n) is 2.87. The van der Waals surface area contributed by atoms with Crippen LogP contribution in [-0.4, -0.2) is 29.4 Å². The van der Waals surface area contributed by atoms with Gasteiger partial charge in [-0.15, -0.1) is 0 Å². The molecule has 0 atom stereocenters. The monoisotopic (exact) mass is 440 g/mol. The zero-order valence-corrected chi connectivity index (χ0v) is 17.9. The van der Waals surface area contributed by atoms with E-state index in [0.717, 1.165) is 5.56 Å². The smallest absolute Gasteiger partial charge is 0.346 e. The van der Waals surface area contributed by atoms with Crippen LogP contribution in [0.15, 0.2) is 53.1 Å². The van der Waals surface area contributed by atoms with Crippen molar-refractivity contribution in [1.82, 2.24) is 5.16 Å². The van der Waals surface area contributed by atoms with E-state index >= 15 is 0 Å². The Morgan fingerprint density at radius 2 is 1.71 bits per heavy atom. The quantitative estimate of drug-likeness (QED) is 0.387. The molecule has 2 aromatic carbocycles. The summed E-state index contributed by atoms with van der Waals surface area (Å²) in [5, 5.41) is 6.97. The molecule has 160 valence electrons. The summed E-state index contributed by atoms with van der Waals surface area (Å²) >= 11 is 5.92. The number of hydrogen-bond donors (Lipinski definition) is 1. The van der Waals surface area contributed by atoms with Gasteiger partial charge in [0.1, 0.15) is 5.69 Å². The van der Waals surface area contributed by atoms with E-state index < -0.39 is 11.9 Å². The number of benzene rings is 2. The molecule has 1 N–H and O–H groups in total. The molecule has 0 unspecified atom stereocenters. The lowest BCUT2D eigenvalue weighted by molar-refractivity contribution is -0.116. The van der Waals surface area contributed by atoms with Gasteiger partial charge in [-0.05, 0) is 26.0 Å². The number of carbonyl (C=O) groups is 3. The Kier molecular flexibility index (Phi) is 7.20. The number of anilines is 1. The Morgan fingerprint density at radius 3 is 2.35 bits per heavy atom. The van der Waals surface area contributed by atoms with Gasteiger partial charge in [-0.2, -0.15) is 0 Å². The fraction of sp³-hybridized carbons (Fsp3) is 0.217. The predicted octanol–water partition coefficient (Wildman–Crippen LogP) is 5.08. The molecule has 0 saturated carbocycles. The summed E-state index contributed by atoms with van der Waals surface area (Å²) in [6.07, 6.45) is -0.0617. The van der Waals surface area contributed by atoms with E-state index in [0.29, 0.717) is 16.1 Å². The van der Waals surface area contributed by atoms with Gasteiger partial charge in [0, 0.05) is 29.0 Å². The molecule has 7 nitrogen and oxygen atoms in total. The van der Waals surface area contributed by atoms with Crippen molar-refractivity contribution in [3.05, 3.63) is 70.2 Å². The first-order chi connectivity index (χ1) is 14.9. The summed E-state index contributed by atoms with van der Waals surface area (Å²) in [5.74, 6) is -1.44. The number of carbonyl (C=O) groups excluding carboxylic acids is 3. The van der Waals surface area contributed by atoms with Crippen LogP contribution in [0.2, 0.25) is 5.02 Å². The third-order valence-electron chi connectivity index (χ3n) is 4.49. The number of amides is 1. The molecule has 1 aromatic heterocycles. The molecule has 1 amide bonds. The lowest BCUT2D eigenvalue weighted by atomic mass is 10.0. The van der Waals surface area contributed by atoms with Crippen molar-refractivity contribution in [2.45, 2.75) is 26.7 Å². The molecule has 0 aliphatic rings. The first-order valence-electron chi connectivity index (χ1n) is 9.71. The van der Waals surface area contributed by atoms with Gasteiger partial charge in [0.25, 0.3) is 0 Å². The standard InChI is InChI=1S/C23H21ClN2O5/c1-3-30-23(29)20-21(16-8-10-17(24)11-9-16)26-31-22(20)25-19(28)13-12-18(27)15-6-4-14(2)5-7-15/h4-11H,3,12-13H2,1-2H3,(H,25,28). The highest BCUT2D eigenvalue weighted by atomic mass is 35.5. The maximum atomic E-state index is 12.5. The van der Waals surface area contributed by atoms with E-state index in [1.54, 1.807) is 43.3 Å². The van der Waals surface area contributed by atoms with Crippen molar-refractivity contribution in [1.29, 1.82) is 0 Å². The van der Waals surface area contributed by atoms with Crippen molar-refractivity contribution >= 4 is 35.1 Å². The number of Topliss-reactive ketones (excluding diaryl/α,β-unsaturated/α-hetero) is 1. The second-order valence-corrected chi connectivity index (χ2v) is 7.24. The van der Waals surface area contributed by atoms with Crippen molar-refractivity contribution in [3.8, 4) is 11.3 Å². The number of esters is 1. The van der Waals surface area contributed by atoms with Crippen LogP contribution in [0, 0.1) is 6.92 Å². The third kappa shape index (κ3) is 5.58. The third-order valence-corrected chi connectivity index (χ3v) is 4.75. The van der Waals surface area contributed by atoms with E-state index in [1.807, 2.05) is 19.1 Å². The number of halogens is 1. The number of aromatic nitrogens is 1. The number of nitrogens with zero attached hydrogens (tertiary/aromatic N) is 1. The summed E-state index contributed by atoms with van der Waals surface area (Å²) in [5.41, 5.74) is 2.38. The molecule has 31 heavy (non-hydrogen) atoms. The Morgan fingerprint density at radius 1 is 1.03 bits per heavy atom. The minimum Gasteiger partial charge on any atom is -0.462 e. The molecule has 1 heterocycles. The lowest BCUT2D eigenvalue weighted by Crippen LogP contribution is -2.16. The normalized spacial score (nSPS) is 10.5. The van der Waals surface area contributed by atoms with Crippen molar-refractivity contribution in [3.63, 3.8) is 0 Å². The van der Waals surface area contributed by atoms with Gasteiger partial charge < -0.3 is 9.26 Å². The largest absolute Gasteiger partial charge is 0.462 e. The minimum absolute atomic E-state index is 0.00221. The molecular weight excluding hydrogens is 420 g/mol. The number of ketones is 1. The number of rotatable bonds is 8. The maximum Gasteiger partial charge on any atom is 0.346 e. The first-order valence-corrected chi connectivity index (χ1v) is 10.1. The van der Waals surface area contributed by atoms with Gasteiger partial charge in [-0.25, -0.2) is 4.79 Å². The van der Waals surface area contributed by atoms with Crippen molar-refractivity contribution < 1.29 is 23.6 Å². The van der Waals surface area contributed by atoms with E-state index in [-0.39, 0.29) is 42.4 Å². The Balaban J connectivity index is 1.74. The lowest BCUT2D eigenvalue weighted by Gasteiger charge is -2.06. The summed E-state index contributed by atoms with van der Waals surface area (Å²) < 4.78 is 10.3. The average molecular weight is 441 g/mol. The van der Waals surface area contributed by atoms with Crippen molar-refractivity contribution in [2.24, 2.45) is 0 Å². The predicted molar refractivity (Wildman–Crippen MR) is 116 cm³/mol. The second kappa shape index (κ2) is 10.0. The number of hydrogen-bond acceptors (Lipinski definition) is 6. The number of ether oxygens (including phenoxy) is 1. The van der Waals surface area contributed by atoms with Crippen LogP contribution in [0.1, 0.15) is 46.0 Å². The van der Waals surface area contributed by atoms with Crippen LogP contribution in [0.4, 0.5) is 5.88 Å². The van der Waals surface area contributed by atoms with Crippen LogP contribution in [0.25, 0.3) is 11.3 Å². The zero-order valence-electron chi connectivity index (χ0n) is 17.1. The van der Waals surface area contributed by atoms with Crippen LogP contribution in [0.5, 0.6) is 0 Å². The Hall–Kier alpha value is -3.45. The van der Waals surface area contributed by atoms with Crippen LogP contribution in [-0.2, 0) is 9.53 Å². The van der Waals surface area contributed by atoms with Gasteiger partial charge in [0.2, 0.25) is 11.8 Å². The highest BCUT2D eigenvalue weighted by Gasteiger charge is 2.26. The van der Waals surface area contributed by atoms with Crippen LogP contribution < -0.4 is 5.32 Å². The molecule has 3 rings (SSSR count). The van der Waals surface area contributed by atoms with E-state index in [1.165, 1.54) is 0 Å². The minimum atomic E-state index is -0.681. The zero-order chi connectivity index (χ0) is 22.4. The van der Waals surface area contributed by atoms with Gasteiger partial charge in [-0.3, -0.25) is 14.9 Å². The summed E-state index contributed by atoms with van der Waals surface area (Å²) in [4.78, 5) is 37.2. The number of aryl methyl sites for hydroxylation is 1. The summed E-state index contributed by atoms with van der Waals surface area (Å²) in [7, 11) is 0. The van der Waals surface area contributed by atoms with Gasteiger partial charge >= 0.3 is 5.97 Å². The summed E-state index contributed by atoms with van der Waals surface area (Å²) in [6.45, 7) is 3.74. The van der Waals surface area contributed by atoms with Gasteiger partial charge in [0.05, 0.1) is 6.61 Å². The molecular formula is C23H21ClN2O5. The highest BCUT2D eigenvalue weighted by molar-refractivity contribution is 6.30. The molecule has 0 spiro atoms. The fourth-order valence-corrected chi connectivity index (χ4v) is 3.00. The topological polar surface area (TPSA) is 98.5 Å². The molecule has 0 aliphatic carbocycles. The molecule has 0 bridgehead atoms. The van der Waals surface area contributed by atoms with Crippen LogP contribution in [0.3, 0.4) is 0 Å². The highest BCUT2D eigenvalue weighted by Crippen LogP contribution is 2.30. The van der Waals surface area contributed by atoms with Gasteiger partial charge in [-0.1, -0.05) is 58.7 Å². The summed E-state index contributed by atoms with van der Waals surface area (Å²) in [6, 6.07) is 13.8. The molecule has 0 aliphatic heterocycles. The molecule has 0 fully saturated rings. The molecule has 0 radical (unpaired) electrons. The number of nitrogens with one attached hydrogen (secondary N) is 1. The van der Waals surface area contributed by atoms with Crippen molar-refractivity contribution in [2.75, 3.05) is 11.9 Å². The van der Waals surface area contributed by atoms with E-state index in [9.17, 15) is 14.4 Å². The SMILES string of the molecule is CCOC(=O)c1c(-c2ccc(Cl)cc2)noc1NC(=O)CCC(=O)c1ccc(C)cc1. The Bertz CT molecular complexity index is 1090. The van der Waals surface area contributed by atoms with Crippen LogP contribution >= 0.6 is 11.6 Å². The van der Waals surface area contributed by atoms with E-state index in [2.05, 4.69) is 10.5 Å². The molecule has 8 heteroatoms. The second-order valence-electron chi connectivity index (χ2n) is 6.80. The molecule has 0 saturated heterocycles. The van der Waals surface area contributed by atoms with E-state index in [4.69, 9.17) is 20.9 Å². The Labute approximate surface area is 184 Å². The van der Waals surface area contributed by atoms with Gasteiger partial charge in [0.15, 0.2) is 11.3 Å². The average Bonchev–Trinajstić information content (AvgIpc) is 3.16. The first kappa shape index (κ1) is 22.2. The molecule has 3 aromatic rings.